The molecule has 0 bridgehead atoms. The number of benzene rings is 8. The summed E-state index contributed by atoms with van der Waals surface area (Å²) in [6.45, 7) is 0.248. The number of fused-ring (bicyclic) bond motifs is 1. The Bertz CT molecular complexity index is 3160. The van der Waals surface area contributed by atoms with Crippen molar-refractivity contribution in [3.05, 3.63) is 257 Å². The molecular weight excluding hydrogens is 953 g/mol. The van der Waals surface area contributed by atoms with Gasteiger partial charge in [-0.1, -0.05) is 164 Å². The van der Waals surface area contributed by atoms with Crippen LogP contribution in [0.3, 0.4) is 0 Å². The van der Waals surface area contributed by atoms with Crippen molar-refractivity contribution in [3.8, 4) is 28.7 Å². The maximum absolute atomic E-state index is 15.1. The maximum Gasteiger partial charge on any atom is 0.343 e. The van der Waals surface area contributed by atoms with E-state index in [1.807, 2.05) is 121 Å². The zero-order chi connectivity index (χ0) is 51.8. The topological polar surface area (TPSA) is 151 Å². The van der Waals surface area contributed by atoms with Gasteiger partial charge < -0.3 is 42.6 Å². The predicted molar refractivity (Wildman–Crippen MR) is 276 cm³/mol. The summed E-state index contributed by atoms with van der Waals surface area (Å²) in [5, 5.41) is 0. The highest BCUT2D eigenvalue weighted by Crippen LogP contribution is 2.45. The molecule has 0 aliphatic carbocycles. The molecule has 1 heterocycles. The van der Waals surface area contributed by atoms with Crippen LogP contribution in [0.25, 0.3) is 0 Å². The zero-order valence-corrected chi connectivity index (χ0v) is 40.9. The molecule has 378 valence electrons. The van der Waals surface area contributed by atoms with E-state index >= 15 is 4.79 Å². The van der Waals surface area contributed by atoms with Crippen LogP contribution in [0.15, 0.2) is 212 Å². The van der Waals surface area contributed by atoms with Gasteiger partial charge in [-0.05, 0) is 58.7 Å². The number of carbonyl (C=O) groups is 4. The highest BCUT2D eigenvalue weighted by atomic mass is 16.6. The molecule has 0 N–H and O–H groups in total. The Morgan fingerprint density at radius 2 is 0.933 bits per heavy atom. The third kappa shape index (κ3) is 13.5. The Labute approximate surface area is 434 Å². The smallest absolute Gasteiger partial charge is 0.343 e. The standard InChI is InChI=1S/C62H52O13/c1-67-61(65)57(70-40-44-24-12-4-13-25-44)58(71-41-45-26-14-5-15-27-45)62(66)75-55-37-50-52(35-49(72-59(63)46-28-16-6-17-29-46)36-53(50)74-60(64)47-30-18-7-19-31-47)73-56(55)48-32-33-51(68-38-42-20-8-2-9-21-42)54(34-48)69-39-43-22-10-3-11-23-43/h2-36,55-58H,37-41H2,1H3/t55-,56+,57+,58+/m0/s1. The van der Waals surface area contributed by atoms with Gasteiger partial charge in [-0.15, -0.1) is 0 Å². The van der Waals surface area contributed by atoms with Crippen molar-refractivity contribution in [1.82, 2.24) is 0 Å². The molecule has 1 aliphatic rings. The predicted octanol–water partition coefficient (Wildman–Crippen LogP) is 11.2. The summed E-state index contributed by atoms with van der Waals surface area (Å²) in [6.07, 6.45) is -5.73. The number of esters is 4. The summed E-state index contributed by atoms with van der Waals surface area (Å²) in [7, 11) is 1.19. The average Bonchev–Trinajstić information content (AvgIpc) is 3.46. The van der Waals surface area contributed by atoms with Crippen LogP contribution in [-0.4, -0.2) is 49.3 Å². The Hall–Kier alpha value is -9.04. The number of methoxy groups -OCH3 is 1. The quantitative estimate of drug-likeness (QED) is 0.0496. The van der Waals surface area contributed by atoms with Crippen LogP contribution in [0.5, 0.6) is 28.7 Å². The first kappa shape index (κ1) is 50.9. The van der Waals surface area contributed by atoms with Crippen LogP contribution in [-0.2, 0) is 61.4 Å². The van der Waals surface area contributed by atoms with E-state index in [9.17, 15) is 14.4 Å². The molecule has 0 fully saturated rings. The SMILES string of the molecule is COC(=O)[C@H](OCc1ccccc1)[C@@H](OCc1ccccc1)C(=O)O[C@H]1Cc2c(OC(=O)c3ccccc3)cc(OC(=O)c3ccccc3)cc2O[C@@H]1c1ccc(OCc2ccccc2)c(OCc2ccccc2)c1. The van der Waals surface area contributed by atoms with E-state index in [0.717, 1.165) is 16.7 Å². The van der Waals surface area contributed by atoms with E-state index in [1.165, 1.54) is 19.2 Å². The lowest BCUT2D eigenvalue weighted by molar-refractivity contribution is -0.191. The number of hydrogen-bond acceptors (Lipinski definition) is 13. The van der Waals surface area contributed by atoms with Gasteiger partial charge in [0.15, 0.2) is 29.8 Å². The van der Waals surface area contributed by atoms with Gasteiger partial charge in [0.1, 0.15) is 36.6 Å². The summed E-state index contributed by atoms with van der Waals surface area (Å²) in [6, 6.07) is 62.6. The van der Waals surface area contributed by atoms with Crippen molar-refractivity contribution < 1.29 is 61.8 Å². The van der Waals surface area contributed by atoms with Crippen LogP contribution < -0.4 is 23.7 Å². The van der Waals surface area contributed by atoms with E-state index in [2.05, 4.69) is 0 Å². The van der Waals surface area contributed by atoms with E-state index in [4.69, 9.17) is 42.6 Å². The molecule has 8 aromatic carbocycles. The minimum Gasteiger partial charge on any atom is -0.485 e. The molecule has 1 aliphatic heterocycles. The van der Waals surface area contributed by atoms with E-state index in [1.54, 1.807) is 78.9 Å². The molecule has 13 heteroatoms. The van der Waals surface area contributed by atoms with Gasteiger partial charge in [0.2, 0.25) is 0 Å². The van der Waals surface area contributed by atoms with Crippen molar-refractivity contribution in [2.75, 3.05) is 7.11 Å². The fraction of sp³-hybridized carbons (Fsp3) is 0.161. The lowest BCUT2D eigenvalue weighted by atomic mass is 9.93. The molecule has 0 saturated heterocycles. The van der Waals surface area contributed by atoms with Crippen molar-refractivity contribution in [3.63, 3.8) is 0 Å². The van der Waals surface area contributed by atoms with Gasteiger partial charge in [-0.25, -0.2) is 19.2 Å². The molecule has 0 radical (unpaired) electrons. The molecular formula is C62H52O13. The Kier molecular flexibility index (Phi) is 17.0. The molecule has 75 heavy (non-hydrogen) atoms. The summed E-state index contributed by atoms with van der Waals surface area (Å²) in [5.41, 5.74) is 4.59. The van der Waals surface area contributed by atoms with Gasteiger partial charge in [0, 0.05) is 29.7 Å². The van der Waals surface area contributed by atoms with E-state index < -0.39 is 48.3 Å². The summed E-state index contributed by atoms with van der Waals surface area (Å²) in [5.74, 6) is -2.29. The molecule has 13 nitrogen and oxygen atoms in total. The van der Waals surface area contributed by atoms with Crippen LogP contribution in [0, 0.1) is 0 Å². The zero-order valence-electron chi connectivity index (χ0n) is 40.9. The Balaban J connectivity index is 1.12. The maximum atomic E-state index is 15.1. The second-order valence-electron chi connectivity index (χ2n) is 17.3. The van der Waals surface area contributed by atoms with Crippen molar-refractivity contribution in [2.24, 2.45) is 0 Å². The van der Waals surface area contributed by atoms with E-state index in [-0.39, 0.29) is 61.2 Å². The highest BCUT2D eigenvalue weighted by Gasteiger charge is 2.43. The van der Waals surface area contributed by atoms with Gasteiger partial charge in [0.25, 0.3) is 0 Å². The average molecular weight is 1010 g/mol. The third-order valence-electron chi connectivity index (χ3n) is 12.1. The number of ether oxygens (including phenoxy) is 9. The molecule has 9 rings (SSSR count). The van der Waals surface area contributed by atoms with Crippen molar-refractivity contribution in [2.45, 2.75) is 57.3 Å². The monoisotopic (exact) mass is 1000 g/mol. The first-order chi connectivity index (χ1) is 36.8. The number of hydrogen-bond donors (Lipinski definition) is 0. The number of rotatable bonds is 21. The van der Waals surface area contributed by atoms with Crippen LogP contribution >= 0.6 is 0 Å². The van der Waals surface area contributed by atoms with Gasteiger partial charge in [-0.3, -0.25) is 0 Å². The fourth-order valence-electron chi connectivity index (χ4n) is 8.25. The van der Waals surface area contributed by atoms with Gasteiger partial charge in [0.05, 0.1) is 31.5 Å². The van der Waals surface area contributed by atoms with E-state index in [0.29, 0.717) is 28.2 Å². The molecule has 0 amide bonds. The van der Waals surface area contributed by atoms with Crippen LogP contribution in [0.1, 0.15) is 60.2 Å². The minimum absolute atomic E-state index is 0.00932. The second-order valence-corrected chi connectivity index (χ2v) is 17.3. The largest absolute Gasteiger partial charge is 0.485 e. The number of carbonyl (C=O) groups excluding carboxylic acids is 4. The normalized spacial score (nSPS) is 14.4. The first-order valence-corrected chi connectivity index (χ1v) is 24.2. The third-order valence-corrected chi connectivity index (χ3v) is 12.1. The lowest BCUT2D eigenvalue weighted by Crippen LogP contribution is -2.47. The van der Waals surface area contributed by atoms with Crippen molar-refractivity contribution in [1.29, 1.82) is 0 Å². The van der Waals surface area contributed by atoms with Crippen LogP contribution in [0.4, 0.5) is 0 Å². The molecule has 0 spiro atoms. The first-order valence-electron chi connectivity index (χ1n) is 24.2. The lowest BCUT2D eigenvalue weighted by Gasteiger charge is -2.35. The summed E-state index contributed by atoms with van der Waals surface area (Å²) >= 11 is 0. The molecule has 0 aromatic heterocycles. The van der Waals surface area contributed by atoms with Crippen molar-refractivity contribution >= 4 is 23.9 Å². The summed E-state index contributed by atoms with van der Waals surface area (Å²) in [4.78, 5) is 56.1. The summed E-state index contributed by atoms with van der Waals surface area (Å²) < 4.78 is 56.0. The minimum atomic E-state index is -1.67. The highest BCUT2D eigenvalue weighted by molar-refractivity contribution is 5.92. The van der Waals surface area contributed by atoms with Crippen LogP contribution in [0.2, 0.25) is 0 Å². The molecule has 8 aromatic rings. The Morgan fingerprint density at radius 3 is 1.44 bits per heavy atom. The fourth-order valence-corrected chi connectivity index (χ4v) is 8.25. The molecule has 0 unspecified atom stereocenters. The molecule has 0 saturated carbocycles. The van der Waals surface area contributed by atoms with Gasteiger partial charge in [-0.2, -0.15) is 0 Å². The second kappa shape index (κ2) is 25.1. The molecule has 4 atom stereocenters. The Morgan fingerprint density at radius 1 is 0.480 bits per heavy atom. The van der Waals surface area contributed by atoms with Gasteiger partial charge >= 0.3 is 23.9 Å².